The Bertz CT molecular complexity index is 811. The summed E-state index contributed by atoms with van der Waals surface area (Å²) in [5, 5.41) is 3.89. The average Bonchev–Trinajstić information content (AvgIpc) is 2.95. The maximum absolute atomic E-state index is 12.9. The van der Waals surface area contributed by atoms with E-state index >= 15 is 0 Å². The van der Waals surface area contributed by atoms with E-state index in [4.69, 9.17) is 4.74 Å². The number of alkyl carbamates (subject to hydrolysis) is 1. The minimum atomic E-state index is -0.505. The van der Waals surface area contributed by atoms with Crippen LogP contribution >= 0.6 is 0 Å². The van der Waals surface area contributed by atoms with Crippen LogP contribution in [0.2, 0.25) is 0 Å². The zero-order chi connectivity index (χ0) is 18.9. The van der Waals surface area contributed by atoms with Crippen molar-refractivity contribution < 1.29 is 14.3 Å². The van der Waals surface area contributed by atoms with Crippen LogP contribution in [0.5, 0.6) is 0 Å². The Morgan fingerprint density at radius 1 is 1.15 bits per heavy atom. The van der Waals surface area contributed by atoms with E-state index in [0.29, 0.717) is 13.1 Å². The van der Waals surface area contributed by atoms with Gasteiger partial charge < -0.3 is 19.5 Å². The molecule has 0 spiro atoms. The van der Waals surface area contributed by atoms with Crippen LogP contribution in [-0.4, -0.2) is 46.2 Å². The van der Waals surface area contributed by atoms with Crippen LogP contribution in [-0.2, 0) is 11.8 Å². The molecule has 2 amide bonds. The summed E-state index contributed by atoms with van der Waals surface area (Å²) in [6.45, 7) is 6.79. The topological polar surface area (TPSA) is 63.6 Å². The van der Waals surface area contributed by atoms with Crippen LogP contribution < -0.4 is 5.32 Å². The first-order chi connectivity index (χ1) is 12.2. The number of piperidine rings is 1. The number of nitrogens with one attached hydrogen (secondary N) is 1. The van der Waals surface area contributed by atoms with Crippen molar-refractivity contribution in [2.75, 3.05) is 13.1 Å². The molecule has 0 bridgehead atoms. The SMILES string of the molecule is Cn1ccc2c(C(=O)N3CCC(NC(=O)OC(C)(C)C)CC3)cccc21. The highest BCUT2D eigenvalue weighted by Crippen LogP contribution is 2.22. The summed E-state index contributed by atoms with van der Waals surface area (Å²) in [5.41, 5.74) is 1.29. The van der Waals surface area contributed by atoms with Crippen LogP contribution in [0.3, 0.4) is 0 Å². The molecule has 6 nitrogen and oxygen atoms in total. The summed E-state index contributed by atoms with van der Waals surface area (Å²) in [7, 11) is 1.98. The first-order valence-corrected chi connectivity index (χ1v) is 9.07. The number of nitrogens with zero attached hydrogens (tertiary/aromatic N) is 2. The lowest BCUT2D eigenvalue weighted by Gasteiger charge is -2.33. The van der Waals surface area contributed by atoms with Crippen LogP contribution in [0.4, 0.5) is 4.79 Å². The van der Waals surface area contributed by atoms with Crippen molar-refractivity contribution in [3.63, 3.8) is 0 Å². The van der Waals surface area contributed by atoms with Crippen molar-refractivity contribution in [1.82, 2.24) is 14.8 Å². The first-order valence-electron chi connectivity index (χ1n) is 9.07. The van der Waals surface area contributed by atoms with Gasteiger partial charge in [0.1, 0.15) is 5.60 Å². The van der Waals surface area contributed by atoms with Crippen molar-refractivity contribution in [2.24, 2.45) is 7.05 Å². The molecule has 6 heteroatoms. The van der Waals surface area contributed by atoms with Crippen molar-refractivity contribution in [3.05, 3.63) is 36.0 Å². The number of rotatable bonds is 2. The lowest BCUT2D eigenvalue weighted by molar-refractivity contribution is 0.0474. The first kappa shape index (κ1) is 18.3. The molecule has 0 radical (unpaired) electrons. The van der Waals surface area contributed by atoms with E-state index in [1.54, 1.807) is 0 Å². The smallest absolute Gasteiger partial charge is 0.407 e. The quantitative estimate of drug-likeness (QED) is 0.897. The number of hydrogen-bond acceptors (Lipinski definition) is 3. The molecule has 1 aromatic heterocycles. The van der Waals surface area contributed by atoms with Crippen molar-refractivity contribution in [1.29, 1.82) is 0 Å². The number of amides is 2. The molecule has 140 valence electrons. The third kappa shape index (κ3) is 4.00. The molecule has 2 heterocycles. The summed E-state index contributed by atoms with van der Waals surface area (Å²) in [4.78, 5) is 26.7. The Hall–Kier alpha value is -2.50. The molecule has 1 fully saturated rings. The number of fused-ring (bicyclic) bond motifs is 1. The molecule has 1 aliphatic rings. The van der Waals surface area contributed by atoms with Crippen LogP contribution in [0.1, 0.15) is 44.0 Å². The average molecular weight is 357 g/mol. The number of carbonyl (C=O) groups is 2. The summed E-state index contributed by atoms with van der Waals surface area (Å²) < 4.78 is 7.32. The fourth-order valence-electron chi connectivity index (χ4n) is 3.36. The Balaban J connectivity index is 1.61. The van der Waals surface area contributed by atoms with Crippen LogP contribution in [0, 0.1) is 0 Å². The van der Waals surface area contributed by atoms with Gasteiger partial charge >= 0.3 is 6.09 Å². The summed E-state index contributed by atoms with van der Waals surface area (Å²) in [5.74, 6) is 0.0533. The Morgan fingerprint density at radius 2 is 1.85 bits per heavy atom. The fraction of sp³-hybridized carbons (Fsp3) is 0.500. The van der Waals surface area contributed by atoms with Gasteiger partial charge in [0.25, 0.3) is 5.91 Å². The molecule has 1 aliphatic heterocycles. The Labute approximate surface area is 154 Å². The van der Waals surface area contributed by atoms with E-state index in [1.165, 1.54) is 0 Å². The van der Waals surface area contributed by atoms with Gasteiger partial charge in [-0.15, -0.1) is 0 Å². The number of ether oxygens (including phenoxy) is 1. The molecule has 1 N–H and O–H groups in total. The number of aryl methyl sites for hydroxylation is 1. The largest absolute Gasteiger partial charge is 0.444 e. The molecule has 0 aliphatic carbocycles. The van der Waals surface area contributed by atoms with E-state index in [2.05, 4.69) is 5.32 Å². The predicted molar refractivity (Wildman–Crippen MR) is 101 cm³/mol. The molecule has 0 unspecified atom stereocenters. The van der Waals surface area contributed by atoms with E-state index in [0.717, 1.165) is 29.3 Å². The van der Waals surface area contributed by atoms with Crippen molar-refractivity contribution >= 4 is 22.9 Å². The number of carbonyl (C=O) groups excluding carboxylic acids is 2. The number of likely N-dealkylation sites (tertiary alicyclic amines) is 1. The molecule has 26 heavy (non-hydrogen) atoms. The molecule has 3 rings (SSSR count). The van der Waals surface area contributed by atoms with Gasteiger partial charge in [-0.2, -0.15) is 0 Å². The lowest BCUT2D eigenvalue weighted by atomic mass is 10.0. The molecule has 2 aromatic rings. The Morgan fingerprint density at radius 3 is 2.50 bits per heavy atom. The second kappa shape index (κ2) is 7.02. The van der Waals surface area contributed by atoms with Gasteiger partial charge in [-0.3, -0.25) is 4.79 Å². The van der Waals surface area contributed by atoms with Gasteiger partial charge in [-0.05, 0) is 51.8 Å². The monoisotopic (exact) mass is 357 g/mol. The molecule has 1 aromatic carbocycles. The minimum absolute atomic E-state index is 0.0430. The molecule has 0 saturated carbocycles. The van der Waals surface area contributed by atoms with Gasteiger partial charge in [-0.1, -0.05) is 6.07 Å². The van der Waals surface area contributed by atoms with Gasteiger partial charge in [0, 0.05) is 48.8 Å². The molecule has 0 atom stereocenters. The molecular weight excluding hydrogens is 330 g/mol. The number of aromatic nitrogens is 1. The van der Waals surface area contributed by atoms with Gasteiger partial charge in [-0.25, -0.2) is 4.79 Å². The third-order valence-electron chi connectivity index (χ3n) is 4.66. The lowest BCUT2D eigenvalue weighted by Crippen LogP contribution is -2.47. The number of hydrogen-bond donors (Lipinski definition) is 1. The summed E-state index contributed by atoms with van der Waals surface area (Å²) in [6.07, 6.45) is 3.04. The highest BCUT2D eigenvalue weighted by Gasteiger charge is 2.27. The van der Waals surface area contributed by atoms with E-state index < -0.39 is 11.7 Å². The second-order valence-electron chi connectivity index (χ2n) is 7.88. The van der Waals surface area contributed by atoms with Gasteiger partial charge in [0.05, 0.1) is 0 Å². The van der Waals surface area contributed by atoms with E-state index in [-0.39, 0.29) is 11.9 Å². The molecule has 1 saturated heterocycles. The standard InChI is InChI=1S/C20H27N3O3/c1-20(2,3)26-19(25)21-14-8-12-23(13-9-14)18(24)16-6-5-7-17-15(16)10-11-22(17)4/h5-7,10-11,14H,8-9,12-13H2,1-4H3,(H,21,25). The van der Waals surface area contributed by atoms with Crippen LogP contribution in [0.15, 0.2) is 30.5 Å². The van der Waals surface area contributed by atoms with Crippen molar-refractivity contribution in [3.8, 4) is 0 Å². The van der Waals surface area contributed by atoms with E-state index in [9.17, 15) is 9.59 Å². The predicted octanol–water partition coefficient (Wildman–Crippen LogP) is 3.31. The third-order valence-corrected chi connectivity index (χ3v) is 4.66. The summed E-state index contributed by atoms with van der Waals surface area (Å²) in [6, 6.07) is 7.85. The van der Waals surface area contributed by atoms with Gasteiger partial charge in [0.15, 0.2) is 0 Å². The zero-order valence-corrected chi connectivity index (χ0v) is 15.9. The normalized spacial score (nSPS) is 15.9. The Kier molecular flexibility index (Phi) is 4.94. The van der Waals surface area contributed by atoms with Crippen LogP contribution in [0.25, 0.3) is 10.9 Å². The molecular formula is C20H27N3O3. The van der Waals surface area contributed by atoms with E-state index in [1.807, 2.05) is 67.7 Å². The summed E-state index contributed by atoms with van der Waals surface area (Å²) >= 11 is 0. The maximum Gasteiger partial charge on any atom is 0.407 e. The van der Waals surface area contributed by atoms with Crippen molar-refractivity contribution in [2.45, 2.75) is 45.3 Å². The minimum Gasteiger partial charge on any atom is -0.444 e. The highest BCUT2D eigenvalue weighted by molar-refractivity contribution is 6.06. The highest BCUT2D eigenvalue weighted by atomic mass is 16.6. The fourth-order valence-corrected chi connectivity index (χ4v) is 3.36. The maximum atomic E-state index is 12.9. The second-order valence-corrected chi connectivity index (χ2v) is 7.88. The zero-order valence-electron chi connectivity index (χ0n) is 15.9. The number of benzene rings is 1. The van der Waals surface area contributed by atoms with Gasteiger partial charge in [0.2, 0.25) is 0 Å².